The van der Waals surface area contributed by atoms with Crippen LogP contribution in [0.25, 0.3) is 0 Å². The number of rotatable bonds is 4. The first kappa shape index (κ1) is 11.9. The number of nitrogens with one attached hydrogen (secondary N) is 1. The minimum atomic E-state index is 0.325. The second-order valence-corrected chi connectivity index (χ2v) is 2.93. The first-order valence-corrected chi connectivity index (χ1v) is 4.88. The maximum Gasteiger partial charge on any atom is 0.169 e. The van der Waals surface area contributed by atoms with Gasteiger partial charge in [-0.3, -0.25) is 10.4 Å². The van der Waals surface area contributed by atoms with E-state index in [-0.39, 0.29) is 0 Å². The molecule has 16 heavy (non-hydrogen) atoms. The molecule has 0 spiro atoms. The summed E-state index contributed by atoms with van der Waals surface area (Å²) in [6, 6.07) is 5.49. The summed E-state index contributed by atoms with van der Waals surface area (Å²) in [4.78, 5) is 8.05. The fraction of sp³-hybridized carbons (Fsp3) is 0.182. The number of aromatic nitrogens is 1. The molecule has 84 valence electrons. The molecule has 0 saturated heterocycles. The average Bonchev–Trinajstić information content (AvgIpc) is 2.34. The van der Waals surface area contributed by atoms with Gasteiger partial charge in [0.2, 0.25) is 0 Å². The number of hydrogen-bond acceptors (Lipinski definition) is 4. The fourth-order valence-corrected chi connectivity index (χ4v) is 1.04. The van der Waals surface area contributed by atoms with Gasteiger partial charge in [-0.15, -0.1) is 0 Å². The SMILES string of the molecule is C/C=C\C(=NC)/C(N)=N/Nc1ccccn1. The van der Waals surface area contributed by atoms with Gasteiger partial charge in [-0.25, -0.2) is 4.98 Å². The van der Waals surface area contributed by atoms with Crippen LogP contribution in [0.4, 0.5) is 5.82 Å². The van der Waals surface area contributed by atoms with Gasteiger partial charge in [-0.05, 0) is 25.1 Å². The van der Waals surface area contributed by atoms with Crippen LogP contribution in [0.2, 0.25) is 0 Å². The summed E-state index contributed by atoms with van der Waals surface area (Å²) in [5.41, 5.74) is 9.13. The van der Waals surface area contributed by atoms with Crippen molar-refractivity contribution >= 4 is 17.4 Å². The summed E-state index contributed by atoms with van der Waals surface area (Å²) in [6.07, 6.45) is 5.32. The van der Waals surface area contributed by atoms with Gasteiger partial charge in [0, 0.05) is 13.2 Å². The molecule has 0 bridgehead atoms. The molecule has 0 unspecified atom stereocenters. The average molecular weight is 217 g/mol. The van der Waals surface area contributed by atoms with E-state index in [4.69, 9.17) is 5.73 Å². The lowest BCUT2D eigenvalue weighted by molar-refractivity contribution is 1.22. The number of hydrazone groups is 1. The molecule has 5 heteroatoms. The van der Waals surface area contributed by atoms with E-state index in [0.717, 1.165) is 0 Å². The Bertz CT molecular complexity index is 406. The van der Waals surface area contributed by atoms with Crippen LogP contribution in [0.5, 0.6) is 0 Å². The Morgan fingerprint density at radius 3 is 2.88 bits per heavy atom. The molecule has 0 fully saturated rings. The summed E-state index contributed by atoms with van der Waals surface area (Å²) in [5, 5.41) is 3.98. The third-order valence-corrected chi connectivity index (χ3v) is 1.78. The Balaban J connectivity index is 2.71. The van der Waals surface area contributed by atoms with Gasteiger partial charge in [-0.2, -0.15) is 5.10 Å². The molecule has 0 amide bonds. The highest BCUT2D eigenvalue weighted by Crippen LogP contribution is 1.99. The van der Waals surface area contributed by atoms with E-state index in [9.17, 15) is 0 Å². The molecule has 0 aliphatic carbocycles. The highest BCUT2D eigenvalue weighted by atomic mass is 15.3. The maximum atomic E-state index is 5.74. The highest BCUT2D eigenvalue weighted by Gasteiger charge is 1.98. The predicted molar refractivity (Wildman–Crippen MR) is 67.7 cm³/mol. The maximum absolute atomic E-state index is 5.74. The summed E-state index contributed by atoms with van der Waals surface area (Å²) >= 11 is 0. The monoisotopic (exact) mass is 217 g/mol. The Morgan fingerprint density at radius 2 is 2.31 bits per heavy atom. The molecule has 1 rings (SSSR count). The third-order valence-electron chi connectivity index (χ3n) is 1.78. The van der Waals surface area contributed by atoms with Gasteiger partial charge in [0.25, 0.3) is 0 Å². The van der Waals surface area contributed by atoms with Gasteiger partial charge in [-0.1, -0.05) is 12.1 Å². The Hall–Kier alpha value is -2.17. The number of anilines is 1. The first-order chi connectivity index (χ1) is 7.77. The van der Waals surface area contributed by atoms with E-state index < -0.39 is 0 Å². The Labute approximate surface area is 94.8 Å². The van der Waals surface area contributed by atoms with Crippen molar-refractivity contribution in [3.05, 3.63) is 36.5 Å². The number of pyridine rings is 1. The van der Waals surface area contributed by atoms with E-state index in [1.165, 1.54) is 0 Å². The van der Waals surface area contributed by atoms with E-state index in [1.807, 2.05) is 25.1 Å². The molecule has 1 aromatic heterocycles. The molecule has 0 atom stereocenters. The summed E-state index contributed by atoms with van der Waals surface area (Å²) in [6.45, 7) is 1.89. The molecular weight excluding hydrogens is 202 g/mol. The topological polar surface area (TPSA) is 75.7 Å². The van der Waals surface area contributed by atoms with E-state index >= 15 is 0 Å². The zero-order valence-electron chi connectivity index (χ0n) is 9.38. The molecule has 0 radical (unpaired) electrons. The van der Waals surface area contributed by atoms with Crippen LogP contribution in [0.15, 0.2) is 46.6 Å². The van der Waals surface area contributed by atoms with Crippen LogP contribution in [0, 0.1) is 0 Å². The largest absolute Gasteiger partial charge is 0.380 e. The number of allylic oxidation sites excluding steroid dienone is 1. The number of aliphatic imine (C=N–C) groups is 1. The quantitative estimate of drug-likeness (QED) is 0.455. The van der Waals surface area contributed by atoms with E-state index in [0.29, 0.717) is 17.4 Å². The molecule has 0 saturated carbocycles. The molecule has 5 nitrogen and oxygen atoms in total. The normalized spacial score (nSPS) is 13.1. The van der Waals surface area contributed by atoms with Crippen molar-refractivity contribution in [3.8, 4) is 0 Å². The number of nitrogens with two attached hydrogens (primary N) is 1. The zero-order chi connectivity index (χ0) is 11.8. The van der Waals surface area contributed by atoms with E-state index in [2.05, 4.69) is 20.5 Å². The number of nitrogens with zero attached hydrogens (tertiary/aromatic N) is 3. The van der Waals surface area contributed by atoms with Crippen LogP contribution < -0.4 is 11.2 Å². The number of amidine groups is 1. The second-order valence-electron chi connectivity index (χ2n) is 2.93. The molecule has 0 aromatic carbocycles. The smallest absolute Gasteiger partial charge is 0.169 e. The molecule has 1 heterocycles. The second kappa shape index (κ2) is 6.34. The van der Waals surface area contributed by atoms with Crippen molar-refractivity contribution in [2.24, 2.45) is 15.8 Å². The minimum absolute atomic E-state index is 0.325. The lowest BCUT2D eigenvalue weighted by Gasteiger charge is -2.01. The van der Waals surface area contributed by atoms with Crippen LogP contribution in [0.1, 0.15) is 6.92 Å². The van der Waals surface area contributed by atoms with Crippen LogP contribution in [-0.2, 0) is 0 Å². The van der Waals surface area contributed by atoms with Gasteiger partial charge in [0.1, 0.15) is 11.5 Å². The minimum Gasteiger partial charge on any atom is -0.380 e. The highest BCUT2D eigenvalue weighted by molar-refractivity contribution is 6.45. The molecule has 3 N–H and O–H groups in total. The standard InChI is InChI=1S/C11H15N5/c1-3-6-9(13-2)11(12)16-15-10-7-4-5-8-14-10/h3-8H,1-2H3,(H2,12,16)(H,14,15)/b6-3-,13-9?. The van der Waals surface area contributed by atoms with Crippen molar-refractivity contribution in [2.45, 2.75) is 6.92 Å². The van der Waals surface area contributed by atoms with Crippen molar-refractivity contribution in [3.63, 3.8) is 0 Å². The zero-order valence-corrected chi connectivity index (χ0v) is 9.38. The van der Waals surface area contributed by atoms with Gasteiger partial charge < -0.3 is 5.73 Å². The van der Waals surface area contributed by atoms with Gasteiger partial charge in [0.15, 0.2) is 5.84 Å². The van der Waals surface area contributed by atoms with E-state index in [1.54, 1.807) is 25.4 Å². The molecule has 0 aliphatic heterocycles. The molecular formula is C11H15N5. The molecule has 1 aromatic rings. The third kappa shape index (κ3) is 3.53. The van der Waals surface area contributed by atoms with Crippen molar-refractivity contribution < 1.29 is 0 Å². The van der Waals surface area contributed by atoms with Crippen LogP contribution in [-0.4, -0.2) is 23.6 Å². The predicted octanol–water partition coefficient (Wildman–Crippen LogP) is 1.41. The number of hydrogen-bond donors (Lipinski definition) is 2. The van der Waals surface area contributed by atoms with Crippen molar-refractivity contribution in [1.29, 1.82) is 0 Å². The molecule has 0 aliphatic rings. The Kier molecular flexibility index (Phi) is 4.72. The van der Waals surface area contributed by atoms with Crippen LogP contribution >= 0.6 is 0 Å². The van der Waals surface area contributed by atoms with Gasteiger partial charge in [0.05, 0.1) is 0 Å². The summed E-state index contributed by atoms with van der Waals surface area (Å²) in [5.74, 6) is 0.965. The van der Waals surface area contributed by atoms with Crippen LogP contribution in [0.3, 0.4) is 0 Å². The van der Waals surface area contributed by atoms with Crippen molar-refractivity contribution in [2.75, 3.05) is 12.5 Å². The fourth-order valence-electron chi connectivity index (χ4n) is 1.04. The first-order valence-electron chi connectivity index (χ1n) is 4.88. The summed E-state index contributed by atoms with van der Waals surface area (Å²) < 4.78 is 0. The Morgan fingerprint density at radius 1 is 1.50 bits per heavy atom. The van der Waals surface area contributed by atoms with Gasteiger partial charge >= 0.3 is 0 Å². The lowest BCUT2D eigenvalue weighted by atomic mass is 10.3. The summed E-state index contributed by atoms with van der Waals surface area (Å²) in [7, 11) is 1.67. The van der Waals surface area contributed by atoms with Crippen molar-refractivity contribution in [1.82, 2.24) is 4.98 Å². The lowest BCUT2D eigenvalue weighted by Crippen LogP contribution is -2.23.